The molecule has 3 heteroatoms. The molecule has 0 aromatic heterocycles. The van der Waals surface area contributed by atoms with Gasteiger partial charge in [0.1, 0.15) is 0 Å². The monoisotopic (exact) mass is 340 g/mol. The van der Waals surface area contributed by atoms with Crippen LogP contribution in [0.3, 0.4) is 0 Å². The number of halogens is 1. The first-order valence-corrected chi connectivity index (χ1v) is 8.62. The normalized spacial score (nSPS) is 14.5. The maximum absolute atomic E-state index is 6.32. The second-order valence-electron chi connectivity index (χ2n) is 5.59. The highest BCUT2D eigenvalue weighted by atomic mass is 79.9. The van der Waals surface area contributed by atoms with Gasteiger partial charge in [0.2, 0.25) is 0 Å². The van der Waals surface area contributed by atoms with Gasteiger partial charge in [-0.15, -0.1) is 0 Å². The van der Waals surface area contributed by atoms with Gasteiger partial charge in [0.25, 0.3) is 0 Å². The Hall–Kier alpha value is -0.380. The Bertz CT molecular complexity index is 364. The van der Waals surface area contributed by atoms with E-state index in [0.29, 0.717) is 6.04 Å². The summed E-state index contributed by atoms with van der Waals surface area (Å²) in [6, 6.07) is 9.16. The Kier molecular flexibility index (Phi) is 8.43. The van der Waals surface area contributed by atoms with Crippen molar-refractivity contribution in [3.05, 3.63) is 34.3 Å². The maximum atomic E-state index is 6.32. The number of hydrogen-bond donors (Lipinski definition) is 1. The van der Waals surface area contributed by atoms with Crippen LogP contribution in [0.25, 0.3) is 0 Å². The number of unbranched alkanes of at least 4 members (excludes halogenated alkanes) is 1. The van der Waals surface area contributed by atoms with Crippen molar-refractivity contribution in [1.29, 1.82) is 0 Å². The first kappa shape index (κ1) is 17.7. The van der Waals surface area contributed by atoms with E-state index in [4.69, 9.17) is 5.73 Å². The molecule has 0 heterocycles. The lowest BCUT2D eigenvalue weighted by atomic mass is 10.0. The zero-order valence-corrected chi connectivity index (χ0v) is 14.7. The molecule has 0 aliphatic rings. The van der Waals surface area contributed by atoms with Gasteiger partial charge >= 0.3 is 0 Å². The fourth-order valence-corrected chi connectivity index (χ4v) is 2.62. The molecule has 0 saturated heterocycles. The summed E-state index contributed by atoms with van der Waals surface area (Å²) in [5.41, 5.74) is 7.55. The standard InChI is InChI=1S/C17H29BrN2/c1-4-6-12-20(14(3)5-2)13-11-17(19)15-7-9-16(18)10-8-15/h7-10,14,17H,4-6,11-13,19H2,1-3H3. The molecule has 2 N–H and O–H groups in total. The lowest BCUT2D eigenvalue weighted by molar-refractivity contribution is 0.194. The maximum Gasteiger partial charge on any atom is 0.0307 e. The van der Waals surface area contributed by atoms with Gasteiger partial charge in [-0.05, 0) is 50.4 Å². The third kappa shape index (κ3) is 5.94. The summed E-state index contributed by atoms with van der Waals surface area (Å²) >= 11 is 3.46. The molecule has 0 fully saturated rings. The van der Waals surface area contributed by atoms with Crippen LogP contribution in [0.15, 0.2) is 28.7 Å². The third-order valence-corrected chi connectivity index (χ3v) is 4.57. The highest BCUT2D eigenvalue weighted by Crippen LogP contribution is 2.19. The molecule has 2 unspecified atom stereocenters. The number of nitrogens with zero attached hydrogens (tertiary/aromatic N) is 1. The number of nitrogens with two attached hydrogens (primary N) is 1. The summed E-state index contributed by atoms with van der Waals surface area (Å²) in [6.07, 6.45) is 4.76. The van der Waals surface area contributed by atoms with Gasteiger partial charge in [0, 0.05) is 23.1 Å². The topological polar surface area (TPSA) is 29.3 Å². The second-order valence-corrected chi connectivity index (χ2v) is 6.51. The minimum atomic E-state index is 0.135. The number of rotatable bonds is 9. The average Bonchev–Trinajstić information content (AvgIpc) is 2.47. The van der Waals surface area contributed by atoms with E-state index in [0.717, 1.165) is 17.4 Å². The molecule has 2 atom stereocenters. The van der Waals surface area contributed by atoms with E-state index in [1.807, 2.05) is 0 Å². The molecule has 20 heavy (non-hydrogen) atoms. The molecule has 2 nitrogen and oxygen atoms in total. The molecule has 0 amide bonds. The Morgan fingerprint density at radius 3 is 2.35 bits per heavy atom. The van der Waals surface area contributed by atoms with Crippen LogP contribution in [0.5, 0.6) is 0 Å². The Morgan fingerprint density at radius 2 is 1.80 bits per heavy atom. The zero-order chi connectivity index (χ0) is 15.0. The van der Waals surface area contributed by atoms with Crippen LogP contribution in [0, 0.1) is 0 Å². The quantitative estimate of drug-likeness (QED) is 0.703. The molecule has 0 saturated carbocycles. The predicted molar refractivity (Wildman–Crippen MR) is 91.9 cm³/mol. The van der Waals surface area contributed by atoms with Crippen molar-refractivity contribution < 1.29 is 0 Å². The van der Waals surface area contributed by atoms with E-state index in [9.17, 15) is 0 Å². The van der Waals surface area contributed by atoms with Crippen LogP contribution in [-0.4, -0.2) is 24.0 Å². The van der Waals surface area contributed by atoms with Gasteiger partial charge in [0.05, 0.1) is 0 Å². The fourth-order valence-electron chi connectivity index (χ4n) is 2.35. The first-order chi connectivity index (χ1) is 9.58. The van der Waals surface area contributed by atoms with Crippen LogP contribution in [0.2, 0.25) is 0 Å². The van der Waals surface area contributed by atoms with Gasteiger partial charge in [0.15, 0.2) is 0 Å². The number of benzene rings is 1. The van der Waals surface area contributed by atoms with Crippen molar-refractivity contribution in [2.24, 2.45) is 5.73 Å². The van der Waals surface area contributed by atoms with E-state index >= 15 is 0 Å². The molecule has 0 aliphatic carbocycles. The summed E-state index contributed by atoms with van der Waals surface area (Å²) in [5, 5.41) is 0. The van der Waals surface area contributed by atoms with E-state index < -0.39 is 0 Å². The molecular weight excluding hydrogens is 312 g/mol. The third-order valence-electron chi connectivity index (χ3n) is 4.04. The van der Waals surface area contributed by atoms with Gasteiger partial charge < -0.3 is 10.6 Å². The van der Waals surface area contributed by atoms with Crippen molar-refractivity contribution >= 4 is 15.9 Å². The lowest BCUT2D eigenvalue weighted by Crippen LogP contribution is -2.35. The zero-order valence-electron chi connectivity index (χ0n) is 13.1. The van der Waals surface area contributed by atoms with Crippen LogP contribution < -0.4 is 5.73 Å². The van der Waals surface area contributed by atoms with Gasteiger partial charge in [-0.25, -0.2) is 0 Å². The second kappa shape index (κ2) is 9.54. The molecular formula is C17H29BrN2. The summed E-state index contributed by atoms with van der Waals surface area (Å²) in [5.74, 6) is 0. The first-order valence-electron chi connectivity index (χ1n) is 7.83. The highest BCUT2D eigenvalue weighted by molar-refractivity contribution is 9.10. The molecule has 114 valence electrons. The molecule has 0 spiro atoms. The van der Waals surface area contributed by atoms with Crippen molar-refractivity contribution in [2.45, 2.75) is 58.5 Å². The Labute approximate surface area is 132 Å². The summed E-state index contributed by atoms with van der Waals surface area (Å²) in [4.78, 5) is 2.59. The van der Waals surface area contributed by atoms with Crippen molar-refractivity contribution in [2.75, 3.05) is 13.1 Å². The Morgan fingerprint density at radius 1 is 1.15 bits per heavy atom. The van der Waals surface area contributed by atoms with Gasteiger partial charge in [-0.3, -0.25) is 0 Å². The van der Waals surface area contributed by atoms with E-state index in [1.165, 1.54) is 31.4 Å². The lowest BCUT2D eigenvalue weighted by Gasteiger charge is -2.29. The molecule has 1 aromatic carbocycles. The average molecular weight is 341 g/mol. The molecule has 0 radical (unpaired) electrons. The fraction of sp³-hybridized carbons (Fsp3) is 0.647. The Balaban J connectivity index is 2.50. The predicted octanol–water partition coefficient (Wildman–Crippen LogP) is 4.74. The van der Waals surface area contributed by atoms with E-state index in [1.54, 1.807) is 0 Å². The summed E-state index contributed by atoms with van der Waals surface area (Å²) in [7, 11) is 0. The summed E-state index contributed by atoms with van der Waals surface area (Å²) in [6.45, 7) is 9.12. The molecule has 0 bridgehead atoms. The largest absolute Gasteiger partial charge is 0.324 e. The van der Waals surface area contributed by atoms with Gasteiger partial charge in [-0.1, -0.05) is 48.3 Å². The molecule has 1 rings (SSSR count). The minimum absolute atomic E-state index is 0.135. The van der Waals surface area contributed by atoms with Crippen molar-refractivity contribution in [1.82, 2.24) is 4.90 Å². The highest BCUT2D eigenvalue weighted by Gasteiger charge is 2.14. The summed E-state index contributed by atoms with van der Waals surface area (Å²) < 4.78 is 1.11. The number of hydrogen-bond acceptors (Lipinski definition) is 2. The van der Waals surface area contributed by atoms with Crippen LogP contribution >= 0.6 is 15.9 Å². The van der Waals surface area contributed by atoms with Crippen molar-refractivity contribution in [3.63, 3.8) is 0 Å². The smallest absolute Gasteiger partial charge is 0.0307 e. The van der Waals surface area contributed by atoms with Crippen LogP contribution in [-0.2, 0) is 0 Å². The van der Waals surface area contributed by atoms with Crippen LogP contribution in [0.1, 0.15) is 58.1 Å². The van der Waals surface area contributed by atoms with E-state index in [2.05, 4.69) is 65.9 Å². The SMILES string of the molecule is CCCCN(CCC(N)c1ccc(Br)cc1)C(C)CC. The molecule has 0 aliphatic heterocycles. The van der Waals surface area contributed by atoms with Crippen molar-refractivity contribution in [3.8, 4) is 0 Å². The minimum Gasteiger partial charge on any atom is -0.324 e. The van der Waals surface area contributed by atoms with Gasteiger partial charge in [-0.2, -0.15) is 0 Å². The molecule has 1 aromatic rings. The van der Waals surface area contributed by atoms with Crippen LogP contribution in [0.4, 0.5) is 0 Å². The van der Waals surface area contributed by atoms with E-state index in [-0.39, 0.29) is 6.04 Å².